The molecule has 0 radical (unpaired) electrons. The second-order valence-electron chi connectivity index (χ2n) is 3.02. The molecule has 2 N–H and O–H groups in total. The highest BCUT2D eigenvalue weighted by molar-refractivity contribution is 9.10. The highest BCUT2D eigenvalue weighted by atomic mass is 79.9. The normalized spacial score (nSPS) is 10.4. The highest BCUT2D eigenvalue weighted by Crippen LogP contribution is 2.35. The highest BCUT2D eigenvalue weighted by Gasteiger charge is 2.10. The smallest absolute Gasteiger partial charge is 0.131 e. The number of hydrogen-bond donors (Lipinski definition) is 1. The van der Waals surface area contributed by atoms with E-state index < -0.39 is 0 Å². The van der Waals surface area contributed by atoms with E-state index in [-0.39, 0.29) is 0 Å². The molecule has 0 amide bonds. The van der Waals surface area contributed by atoms with Crippen LogP contribution < -0.4 is 5.73 Å². The Morgan fingerprint density at radius 1 is 1.43 bits per heavy atom. The van der Waals surface area contributed by atoms with E-state index in [1.165, 1.54) is 0 Å². The SMILES string of the molecule is Cc1ccnc(N)c1-c1cscc1Br. The van der Waals surface area contributed by atoms with E-state index in [0.29, 0.717) is 5.82 Å². The lowest BCUT2D eigenvalue weighted by molar-refractivity contribution is 1.30. The van der Waals surface area contributed by atoms with Crippen molar-refractivity contribution in [1.29, 1.82) is 0 Å². The number of aromatic nitrogens is 1. The van der Waals surface area contributed by atoms with E-state index in [0.717, 1.165) is 21.2 Å². The van der Waals surface area contributed by atoms with Crippen molar-refractivity contribution < 1.29 is 0 Å². The number of halogens is 1. The van der Waals surface area contributed by atoms with Gasteiger partial charge in [0, 0.05) is 27.2 Å². The maximum atomic E-state index is 5.85. The minimum absolute atomic E-state index is 0.587. The summed E-state index contributed by atoms with van der Waals surface area (Å²) in [6.45, 7) is 2.04. The van der Waals surface area contributed by atoms with Gasteiger partial charge in [-0.05, 0) is 39.9 Å². The van der Waals surface area contributed by atoms with Gasteiger partial charge in [-0.3, -0.25) is 0 Å². The van der Waals surface area contributed by atoms with Crippen molar-refractivity contribution in [2.75, 3.05) is 5.73 Å². The first-order chi connectivity index (χ1) is 6.70. The third-order valence-electron chi connectivity index (χ3n) is 2.07. The molecule has 0 spiro atoms. The lowest BCUT2D eigenvalue weighted by atomic mass is 10.1. The number of nitrogen functional groups attached to an aromatic ring is 1. The predicted molar refractivity (Wildman–Crippen MR) is 64.4 cm³/mol. The monoisotopic (exact) mass is 268 g/mol. The molecule has 0 bridgehead atoms. The molecule has 72 valence electrons. The van der Waals surface area contributed by atoms with Crippen LogP contribution in [0.25, 0.3) is 11.1 Å². The zero-order chi connectivity index (χ0) is 10.1. The van der Waals surface area contributed by atoms with Gasteiger partial charge in [0.15, 0.2) is 0 Å². The molecule has 2 rings (SSSR count). The van der Waals surface area contributed by atoms with E-state index in [9.17, 15) is 0 Å². The molecule has 4 heteroatoms. The number of pyridine rings is 1. The summed E-state index contributed by atoms with van der Waals surface area (Å²) in [5, 5.41) is 4.12. The summed E-state index contributed by atoms with van der Waals surface area (Å²) in [7, 11) is 0. The molecule has 0 fully saturated rings. The molecule has 0 aliphatic rings. The summed E-state index contributed by atoms with van der Waals surface area (Å²) in [5.74, 6) is 0.587. The molecule has 0 aromatic carbocycles. The van der Waals surface area contributed by atoms with Gasteiger partial charge in [0.25, 0.3) is 0 Å². The molecule has 2 nitrogen and oxygen atoms in total. The van der Waals surface area contributed by atoms with Crippen molar-refractivity contribution in [3.05, 3.63) is 33.1 Å². The van der Waals surface area contributed by atoms with Crippen molar-refractivity contribution in [3.63, 3.8) is 0 Å². The van der Waals surface area contributed by atoms with E-state index in [2.05, 4.69) is 26.3 Å². The molecular weight excluding hydrogens is 260 g/mol. The second kappa shape index (κ2) is 3.71. The van der Waals surface area contributed by atoms with Gasteiger partial charge in [-0.1, -0.05) is 0 Å². The molecule has 0 aliphatic carbocycles. The van der Waals surface area contributed by atoms with Crippen LogP contribution in [0.5, 0.6) is 0 Å². The van der Waals surface area contributed by atoms with Gasteiger partial charge in [0.1, 0.15) is 5.82 Å². The van der Waals surface area contributed by atoms with Crippen LogP contribution >= 0.6 is 27.3 Å². The predicted octanol–water partition coefficient (Wildman–Crippen LogP) is 3.46. The first-order valence-electron chi connectivity index (χ1n) is 4.13. The summed E-state index contributed by atoms with van der Waals surface area (Å²) in [6, 6.07) is 1.97. The fourth-order valence-corrected chi connectivity index (χ4v) is 2.87. The van der Waals surface area contributed by atoms with Crippen LogP contribution in [0.2, 0.25) is 0 Å². The van der Waals surface area contributed by atoms with E-state index >= 15 is 0 Å². The lowest BCUT2D eigenvalue weighted by Crippen LogP contribution is -1.95. The van der Waals surface area contributed by atoms with Crippen molar-refractivity contribution in [3.8, 4) is 11.1 Å². The lowest BCUT2D eigenvalue weighted by Gasteiger charge is -2.06. The standard InChI is InChI=1S/C10H9BrN2S/c1-6-2-3-13-10(12)9(6)7-4-14-5-8(7)11/h2-5H,1H3,(H2,12,13). The minimum atomic E-state index is 0.587. The molecule has 2 aromatic heterocycles. The molecule has 14 heavy (non-hydrogen) atoms. The third kappa shape index (κ3) is 1.55. The maximum Gasteiger partial charge on any atom is 0.131 e. The number of aryl methyl sites for hydroxylation is 1. The van der Waals surface area contributed by atoms with Crippen LogP contribution in [0, 0.1) is 6.92 Å². The third-order valence-corrected chi connectivity index (χ3v) is 3.78. The second-order valence-corrected chi connectivity index (χ2v) is 4.62. The number of thiophene rings is 1. The first-order valence-corrected chi connectivity index (χ1v) is 5.87. The maximum absolute atomic E-state index is 5.85. The van der Waals surface area contributed by atoms with Crippen molar-refractivity contribution >= 4 is 33.1 Å². The molecule has 2 aromatic rings. The van der Waals surface area contributed by atoms with Crippen LogP contribution in [0.4, 0.5) is 5.82 Å². The Morgan fingerprint density at radius 2 is 2.21 bits per heavy atom. The molecule has 0 atom stereocenters. The zero-order valence-electron chi connectivity index (χ0n) is 7.62. The Bertz CT molecular complexity index is 445. The van der Waals surface area contributed by atoms with E-state index in [1.807, 2.05) is 18.4 Å². The largest absolute Gasteiger partial charge is 0.383 e. The number of nitrogens with zero attached hydrogens (tertiary/aromatic N) is 1. The Hall–Kier alpha value is -0.870. The number of rotatable bonds is 1. The van der Waals surface area contributed by atoms with Crippen molar-refractivity contribution in [1.82, 2.24) is 4.98 Å². The van der Waals surface area contributed by atoms with Crippen LogP contribution in [0.15, 0.2) is 27.5 Å². The van der Waals surface area contributed by atoms with Gasteiger partial charge >= 0.3 is 0 Å². The quantitative estimate of drug-likeness (QED) is 0.861. The zero-order valence-corrected chi connectivity index (χ0v) is 10.0. The molecule has 0 saturated heterocycles. The van der Waals surface area contributed by atoms with Gasteiger partial charge < -0.3 is 5.73 Å². The van der Waals surface area contributed by atoms with Crippen LogP contribution in [-0.4, -0.2) is 4.98 Å². The summed E-state index contributed by atoms with van der Waals surface area (Å²) >= 11 is 5.15. The van der Waals surface area contributed by atoms with Gasteiger partial charge in [-0.2, -0.15) is 11.3 Å². The van der Waals surface area contributed by atoms with Gasteiger partial charge in [-0.15, -0.1) is 0 Å². The van der Waals surface area contributed by atoms with Crippen LogP contribution in [-0.2, 0) is 0 Å². The van der Waals surface area contributed by atoms with Crippen LogP contribution in [0.1, 0.15) is 5.56 Å². The van der Waals surface area contributed by atoms with Crippen molar-refractivity contribution in [2.24, 2.45) is 0 Å². The summed E-state index contributed by atoms with van der Waals surface area (Å²) in [4.78, 5) is 4.10. The topological polar surface area (TPSA) is 38.9 Å². The van der Waals surface area contributed by atoms with E-state index in [1.54, 1.807) is 17.5 Å². The average Bonchev–Trinajstić information content (AvgIpc) is 2.52. The fourth-order valence-electron chi connectivity index (χ4n) is 1.39. The Labute approximate surface area is 94.9 Å². The van der Waals surface area contributed by atoms with Crippen LogP contribution in [0.3, 0.4) is 0 Å². The molecule has 0 saturated carbocycles. The van der Waals surface area contributed by atoms with Crippen molar-refractivity contribution in [2.45, 2.75) is 6.92 Å². The average molecular weight is 269 g/mol. The summed E-state index contributed by atoms with van der Waals surface area (Å²) < 4.78 is 1.07. The summed E-state index contributed by atoms with van der Waals surface area (Å²) in [6.07, 6.45) is 1.73. The Morgan fingerprint density at radius 3 is 2.79 bits per heavy atom. The van der Waals surface area contributed by atoms with E-state index in [4.69, 9.17) is 5.73 Å². The number of nitrogens with two attached hydrogens (primary N) is 1. The van der Waals surface area contributed by atoms with Gasteiger partial charge in [0.05, 0.1) is 0 Å². The molecule has 0 aliphatic heterocycles. The van der Waals surface area contributed by atoms with Gasteiger partial charge in [-0.25, -0.2) is 4.98 Å². The van der Waals surface area contributed by atoms with Gasteiger partial charge in [0.2, 0.25) is 0 Å². The molecular formula is C10H9BrN2S. The molecule has 0 unspecified atom stereocenters. The fraction of sp³-hybridized carbons (Fsp3) is 0.100. The number of anilines is 1. The minimum Gasteiger partial charge on any atom is -0.383 e. The Balaban J connectivity index is 2.68. The number of hydrogen-bond acceptors (Lipinski definition) is 3. The molecule has 2 heterocycles. The first kappa shape index (κ1) is 9.68. The Kier molecular flexibility index (Phi) is 2.56. The summed E-state index contributed by atoms with van der Waals surface area (Å²) in [5.41, 5.74) is 9.16.